The van der Waals surface area contributed by atoms with Crippen molar-refractivity contribution in [1.82, 2.24) is 5.01 Å². The van der Waals surface area contributed by atoms with E-state index >= 15 is 0 Å². The van der Waals surface area contributed by atoms with E-state index in [-0.39, 0.29) is 12.1 Å². The smallest absolute Gasteiger partial charge is 0.333 e. The highest BCUT2D eigenvalue weighted by atomic mass is 16.6. The van der Waals surface area contributed by atoms with Gasteiger partial charge >= 0.3 is 5.97 Å². The SMILES string of the molecule is COC(=O)[C@](C)(Cc1cccc([N+](=O)[O-])c1)N(N)C=O. The molecule has 20 heavy (non-hydrogen) atoms. The standard InChI is InChI=1S/C12H15N3O5/c1-12(11(17)20-2,14(13)8-16)7-9-4-3-5-10(6-9)15(18)19/h3-6,8H,7,13H2,1-2H3/t12-/m0/s1. The molecule has 0 heterocycles. The van der Waals surface area contributed by atoms with Crippen LogP contribution >= 0.6 is 0 Å². The normalized spacial score (nSPS) is 13.2. The van der Waals surface area contributed by atoms with Crippen LogP contribution < -0.4 is 5.84 Å². The van der Waals surface area contributed by atoms with Crippen molar-refractivity contribution in [3.8, 4) is 0 Å². The third kappa shape index (κ3) is 3.09. The van der Waals surface area contributed by atoms with Crippen molar-refractivity contribution >= 4 is 18.1 Å². The average molecular weight is 281 g/mol. The van der Waals surface area contributed by atoms with E-state index in [1.807, 2.05) is 0 Å². The first-order valence-electron chi connectivity index (χ1n) is 5.66. The van der Waals surface area contributed by atoms with E-state index in [0.29, 0.717) is 17.0 Å². The number of nitro benzene ring substituents is 1. The minimum atomic E-state index is -1.44. The lowest BCUT2D eigenvalue weighted by Gasteiger charge is -2.32. The van der Waals surface area contributed by atoms with Crippen molar-refractivity contribution in [2.75, 3.05) is 7.11 Å². The maximum Gasteiger partial charge on any atom is 0.333 e. The molecule has 8 heteroatoms. The minimum Gasteiger partial charge on any atom is -0.467 e. The summed E-state index contributed by atoms with van der Waals surface area (Å²) >= 11 is 0. The van der Waals surface area contributed by atoms with Crippen molar-refractivity contribution < 1.29 is 19.2 Å². The molecule has 0 fully saturated rings. The molecular weight excluding hydrogens is 266 g/mol. The fourth-order valence-corrected chi connectivity index (χ4v) is 1.78. The molecule has 0 saturated carbocycles. The van der Waals surface area contributed by atoms with Crippen molar-refractivity contribution in [1.29, 1.82) is 0 Å². The second kappa shape index (κ2) is 6.11. The molecule has 2 N–H and O–H groups in total. The highest BCUT2D eigenvalue weighted by Crippen LogP contribution is 2.22. The van der Waals surface area contributed by atoms with Gasteiger partial charge in [0.05, 0.1) is 12.0 Å². The van der Waals surface area contributed by atoms with Gasteiger partial charge in [-0.2, -0.15) is 0 Å². The van der Waals surface area contributed by atoms with Gasteiger partial charge in [0.15, 0.2) is 5.54 Å². The van der Waals surface area contributed by atoms with Crippen molar-refractivity contribution in [3.05, 3.63) is 39.9 Å². The van der Waals surface area contributed by atoms with Crippen molar-refractivity contribution in [3.63, 3.8) is 0 Å². The second-order valence-corrected chi connectivity index (χ2v) is 4.38. The molecule has 1 aromatic rings. The van der Waals surface area contributed by atoms with Crippen LogP contribution in [-0.2, 0) is 20.7 Å². The summed E-state index contributed by atoms with van der Waals surface area (Å²) < 4.78 is 4.63. The number of ether oxygens (including phenoxy) is 1. The van der Waals surface area contributed by atoms with Crippen molar-refractivity contribution in [2.24, 2.45) is 5.84 Å². The largest absolute Gasteiger partial charge is 0.467 e. The summed E-state index contributed by atoms with van der Waals surface area (Å²) in [7, 11) is 1.17. The third-order valence-electron chi connectivity index (χ3n) is 2.98. The molecule has 0 aromatic heterocycles. The van der Waals surface area contributed by atoms with E-state index in [4.69, 9.17) is 5.84 Å². The van der Waals surface area contributed by atoms with E-state index in [0.717, 1.165) is 0 Å². The van der Waals surface area contributed by atoms with Crippen LogP contribution in [0.15, 0.2) is 24.3 Å². The van der Waals surface area contributed by atoms with E-state index in [9.17, 15) is 19.7 Å². The molecule has 0 aliphatic rings. The molecule has 8 nitrogen and oxygen atoms in total. The van der Waals surface area contributed by atoms with Crippen LogP contribution in [0.3, 0.4) is 0 Å². The van der Waals surface area contributed by atoms with Gasteiger partial charge in [-0.3, -0.25) is 19.9 Å². The number of hydrazine groups is 1. The Hall–Kier alpha value is -2.48. The van der Waals surface area contributed by atoms with E-state index in [1.165, 1.54) is 32.2 Å². The highest BCUT2D eigenvalue weighted by molar-refractivity contribution is 5.83. The van der Waals surface area contributed by atoms with Gasteiger partial charge in [0.25, 0.3) is 5.69 Å². The summed E-state index contributed by atoms with van der Waals surface area (Å²) in [6, 6.07) is 5.75. The summed E-state index contributed by atoms with van der Waals surface area (Å²) in [5, 5.41) is 11.4. The zero-order valence-electron chi connectivity index (χ0n) is 11.1. The van der Waals surface area contributed by atoms with E-state index in [2.05, 4.69) is 4.74 Å². The van der Waals surface area contributed by atoms with Crippen LogP contribution in [0.5, 0.6) is 0 Å². The van der Waals surface area contributed by atoms with Crippen LogP contribution in [0.2, 0.25) is 0 Å². The number of non-ortho nitro benzene ring substituents is 1. The van der Waals surface area contributed by atoms with Crippen molar-refractivity contribution in [2.45, 2.75) is 18.9 Å². The summed E-state index contributed by atoms with van der Waals surface area (Å²) in [5.41, 5.74) is -1.06. The number of methoxy groups -OCH3 is 1. The molecule has 1 amide bonds. The minimum absolute atomic E-state index is 0.00338. The molecule has 0 aliphatic carbocycles. The van der Waals surface area contributed by atoms with Gasteiger partial charge < -0.3 is 4.74 Å². The fraction of sp³-hybridized carbons (Fsp3) is 0.333. The second-order valence-electron chi connectivity index (χ2n) is 4.38. The van der Waals surface area contributed by atoms with Gasteiger partial charge in [-0.25, -0.2) is 10.6 Å². The summed E-state index contributed by atoms with van der Waals surface area (Å²) in [6.07, 6.45) is 0.296. The summed E-state index contributed by atoms with van der Waals surface area (Å²) in [4.78, 5) is 32.8. The number of amides is 1. The number of nitrogens with zero attached hydrogens (tertiary/aromatic N) is 2. The van der Waals surface area contributed by atoms with Gasteiger partial charge in [0.2, 0.25) is 6.41 Å². The number of nitro groups is 1. The number of esters is 1. The topological polar surface area (TPSA) is 116 Å². The lowest BCUT2D eigenvalue weighted by molar-refractivity contribution is -0.384. The Morgan fingerprint density at radius 1 is 1.60 bits per heavy atom. The van der Waals surface area contributed by atoms with Crippen LogP contribution in [0, 0.1) is 10.1 Å². The number of benzene rings is 1. The number of hydrogen-bond acceptors (Lipinski definition) is 6. The molecule has 0 saturated heterocycles. The van der Waals surface area contributed by atoms with E-state index in [1.54, 1.807) is 6.07 Å². The van der Waals surface area contributed by atoms with Crippen LogP contribution in [0.1, 0.15) is 12.5 Å². The zero-order valence-corrected chi connectivity index (χ0v) is 11.1. The molecule has 0 unspecified atom stereocenters. The summed E-state index contributed by atoms with van der Waals surface area (Å²) in [5.74, 6) is 4.79. The van der Waals surface area contributed by atoms with Crippen LogP contribution in [0.4, 0.5) is 5.69 Å². The van der Waals surface area contributed by atoms with Gasteiger partial charge in [0, 0.05) is 18.6 Å². The van der Waals surface area contributed by atoms with Gasteiger partial charge in [-0.15, -0.1) is 0 Å². The first-order chi connectivity index (χ1) is 9.35. The number of rotatable bonds is 6. The Bertz CT molecular complexity index is 534. The van der Waals surface area contributed by atoms with Gasteiger partial charge in [-0.1, -0.05) is 12.1 Å². The Morgan fingerprint density at radius 3 is 2.75 bits per heavy atom. The lowest BCUT2D eigenvalue weighted by atomic mass is 9.92. The number of carbonyl (C=O) groups is 2. The Labute approximate surface area is 115 Å². The molecule has 108 valence electrons. The maximum atomic E-state index is 11.8. The van der Waals surface area contributed by atoms with Gasteiger partial charge in [-0.05, 0) is 12.5 Å². The molecule has 1 aromatic carbocycles. The predicted octanol–water partition coefficient (Wildman–Crippen LogP) is 0.401. The number of nitrogens with two attached hydrogens (primary N) is 1. The quantitative estimate of drug-likeness (QED) is 0.201. The van der Waals surface area contributed by atoms with E-state index < -0.39 is 16.4 Å². The Morgan fingerprint density at radius 2 is 2.25 bits per heavy atom. The fourth-order valence-electron chi connectivity index (χ4n) is 1.78. The predicted molar refractivity (Wildman–Crippen MR) is 69.3 cm³/mol. The average Bonchev–Trinajstić information content (AvgIpc) is 2.45. The monoisotopic (exact) mass is 281 g/mol. The first kappa shape index (κ1) is 15.6. The molecule has 0 bridgehead atoms. The summed E-state index contributed by atoms with van der Waals surface area (Å²) in [6.45, 7) is 1.42. The Balaban J connectivity index is 3.13. The molecular formula is C12H15N3O5. The maximum absolute atomic E-state index is 11.8. The zero-order chi connectivity index (χ0) is 15.3. The van der Waals surface area contributed by atoms with Crippen LogP contribution in [-0.4, -0.2) is 35.0 Å². The lowest BCUT2D eigenvalue weighted by Crippen LogP contribution is -2.57. The number of hydrogen-bond donors (Lipinski definition) is 1. The molecule has 0 radical (unpaired) electrons. The van der Waals surface area contributed by atoms with Crippen LogP contribution in [0.25, 0.3) is 0 Å². The third-order valence-corrected chi connectivity index (χ3v) is 2.98. The molecule has 0 aliphatic heterocycles. The Kier molecular flexibility index (Phi) is 4.76. The first-order valence-corrected chi connectivity index (χ1v) is 5.66. The highest BCUT2D eigenvalue weighted by Gasteiger charge is 2.39. The van der Waals surface area contributed by atoms with Gasteiger partial charge in [0.1, 0.15) is 0 Å². The number of carbonyl (C=O) groups excluding carboxylic acids is 2. The molecule has 1 rings (SSSR count). The molecule has 1 atom stereocenters. The molecule has 0 spiro atoms.